The van der Waals surface area contributed by atoms with Gasteiger partial charge in [-0.25, -0.2) is 4.39 Å². The quantitative estimate of drug-likeness (QED) is 0.813. The van der Waals surface area contributed by atoms with Crippen LogP contribution in [0.2, 0.25) is 0 Å². The molecule has 1 aliphatic rings. The first-order chi connectivity index (χ1) is 7.79. The third-order valence-electron chi connectivity index (χ3n) is 2.84. The van der Waals surface area contributed by atoms with Crippen molar-refractivity contribution in [3.05, 3.63) is 29.6 Å². The molecule has 1 aliphatic heterocycles. The van der Waals surface area contributed by atoms with Crippen molar-refractivity contribution in [3.63, 3.8) is 0 Å². The summed E-state index contributed by atoms with van der Waals surface area (Å²) in [4.78, 5) is 0. The van der Waals surface area contributed by atoms with E-state index in [1.807, 2.05) is 6.07 Å². The van der Waals surface area contributed by atoms with Crippen LogP contribution < -0.4 is 10.6 Å². The van der Waals surface area contributed by atoms with Crippen molar-refractivity contribution in [2.75, 3.05) is 25.0 Å². The van der Waals surface area contributed by atoms with Crippen LogP contribution in [-0.2, 0) is 0 Å². The van der Waals surface area contributed by atoms with Gasteiger partial charge >= 0.3 is 0 Å². The Kier molecular flexibility index (Phi) is 3.37. The Morgan fingerprint density at radius 1 is 1.56 bits per heavy atom. The average Bonchev–Trinajstić information content (AvgIpc) is 2.80. The molecule has 2 rings (SSSR count). The summed E-state index contributed by atoms with van der Waals surface area (Å²) < 4.78 is 13.5. The Bertz CT molecular complexity index is 405. The largest absolute Gasteiger partial charge is 0.382 e. The molecule has 0 radical (unpaired) electrons. The molecule has 84 valence electrons. The molecule has 0 spiro atoms. The molecular weight excluding hydrogens is 205 g/mol. The number of benzene rings is 1. The van der Waals surface area contributed by atoms with Gasteiger partial charge in [0.15, 0.2) is 0 Å². The molecule has 2 N–H and O–H groups in total. The minimum atomic E-state index is -0.356. The van der Waals surface area contributed by atoms with E-state index in [9.17, 15) is 4.39 Å². The Balaban J connectivity index is 1.96. The summed E-state index contributed by atoms with van der Waals surface area (Å²) in [6, 6.07) is 6.42. The predicted molar refractivity (Wildman–Crippen MR) is 60.6 cm³/mol. The highest BCUT2D eigenvalue weighted by molar-refractivity contribution is 5.48. The fourth-order valence-electron chi connectivity index (χ4n) is 1.87. The molecule has 1 aromatic rings. The van der Waals surface area contributed by atoms with E-state index >= 15 is 0 Å². The van der Waals surface area contributed by atoms with Gasteiger partial charge in [0.25, 0.3) is 0 Å². The molecule has 1 atom stereocenters. The van der Waals surface area contributed by atoms with E-state index in [1.54, 1.807) is 12.1 Å². The average molecular weight is 219 g/mol. The van der Waals surface area contributed by atoms with Gasteiger partial charge in [-0.05, 0) is 43.6 Å². The fraction of sp³-hybridized carbons (Fsp3) is 0.417. The second kappa shape index (κ2) is 4.95. The Morgan fingerprint density at radius 3 is 3.06 bits per heavy atom. The summed E-state index contributed by atoms with van der Waals surface area (Å²) in [5.41, 5.74) is 0.830. The zero-order valence-corrected chi connectivity index (χ0v) is 8.96. The third-order valence-corrected chi connectivity index (χ3v) is 2.84. The second-order valence-corrected chi connectivity index (χ2v) is 4.05. The van der Waals surface area contributed by atoms with E-state index in [0.717, 1.165) is 26.1 Å². The van der Waals surface area contributed by atoms with Crippen LogP contribution in [-0.4, -0.2) is 19.6 Å². The molecule has 0 amide bonds. The van der Waals surface area contributed by atoms with Crippen molar-refractivity contribution in [3.8, 4) is 6.07 Å². The van der Waals surface area contributed by atoms with Crippen molar-refractivity contribution >= 4 is 5.69 Å². The zero-order valence-electron chi connectivity index (χ0n) is 8.96. The lowest BCUT2D eigenvalue weighted by Crippen LogP contribution is -2.17. The van der Waals surface area contributed by atoms with Gasteiger partial charge in [-0.2, -0.15) is 5.26 Å². The SMILES string of the molecule is N#Cc1ccc(NCC2CCNC2)c(F)c1. The van der Waals surface area contributed by atoms with Gasteiger partial charge in [0.2, 0.25) is 0 Å². The Labute approximate surface area is 94.3 Å². The van der Waals surface area contributed by atoms with Gasteiger partial charge < -0.3 is 10.6 Å². The summed E-state index contributed by atoms with van der Waals surface area (Å²) in [7, 11) is 0. The first kappa shape index (κ1) is 10.9. The minimum absolute atomic E-state index is 0.352. The van der Waals surface area contributed by atoms with E-state index in [4.69, 9.17) is 5.26 Å². The van der Waals surface area contributed by atoms with E-state index in [0.29, 0.717) is 17.2 Å². The minimum Gasteiger partial charge on any atom is -0.382 e. The number of nitrogens with zero attached hydrogens (tertiary/aromatic N) is 1. The number of rotatable bonds is 3. The second-order valence-electron chi connectivity index (χ2n) is 4.05. The van der Waals surface area contributed by atoms with Crippen molar-refractivity contribution < 1.29 is 4.39 Å². The molecule has 1 heterocycles. The summed E-state index contributed by atoms with van der Waals surface area (Å²) in [6.07, 6.45) is 1.13. The van der Waals surface area contributed by atoms with Gasteiger partial charge in [-0.1, -0.05) is 0 Å². The van der Waals surface area contributed by atoms with Crippen LogP contribution in [0, 0.1) is 23.1 Å². The summed E-state index contributed by atoms with van der Waals surface area (Å²) in [5, 5.41) is 15.0. The molecule has 0 aromatic heterocycles. The Hall–Kier alpha value is -1.60. The number of anilines is 1. The standard InChI is InChI=1S/C12H14FN3/c13-11-5-9(6-14)1-2-12(11)16-8-10-3-4-15-7-10/h1-2,5,10,15-16H,3-4,7-8H2. The van der Waals surface area contributed by atoms with Crippen LogP contribution in [0.5, 0.6) is 0 Å². The van der Waals surface area contributed by atoms with E-state index in [2.05, 4.69) is 10.6 Å². The number of halogens is 1. The molecule has 0 saturated carbocycles. The lowest BCUT2D eigenvalue weighted by Gasteiger charge is -2.11. The maximum atomic E-state index is 13.5. The lowest BCUT2D eigenvalue weighted by molar-refractivity contribution is 0.601. The summed E-state index contributed by atoms with van der Waals surface area (Å²) in [5.74, 6) is 0.208. The fourth-order valence-corrected chi connectivity index (χ4v) is 1.87. The van der Waals surface area contributed by atoms with Crippen LogP contribution >= 0.6 is 0 Å². The van der Waals surface area contributed by atoms with Crippen molar-refractivity contribution in [2.45, 2.75) is 6.42 Å². The predicted octanol–water partition coefficient (Wildman–Crippen LogP) is 1.72. The maximum Gasteiger partial charge on any atom is 0.147 e. The van der Waals surface area contributed by atoms with Crippen molar-refractivity contribution in [2.24, 2.45) is 5.92 Å². The van der Waals surface area contributed by atoms with E-state index in [1.165, 1.54) is 6.07 Å². The Morgan fingerprint density at radius 2 is 2.44 bits per heavy atom. The van der Waals surface area contributed by atoms with Gasteiger partial charge in [0.05, 0.1) is 17.3 Å². The van der Waals surface area contributed by atoms with Crippen LogP contribution in [0.3, 0.4) is 0 Å². The molecule has 0 aliphatic carbocycles. The van der Waals surface area contributed by atoms with Crippen molar-refractivity contribution in [1.29, 1.82) is 5.26 Å². The molecule has 16 heavy (non-hydrogen) atoms. The summed E-state index contributed by atoms with van der Waals surface area (Å²) >= 11 is 0. The van der Waals surface area contributed by atoms with E-state index < -0.39 is 0 Å². The van der Waals surface area contributed by atoms with Crippen LogP contribution in [0.15, 0.2) is 18.2 Å². The number of nitrogens with one attached hydrogen (secondary N) is 2. The number of hydrogen-bond donors (Lipinski definition) is 2. The highest BCUT2D eigenvalue weighted by Gasteiger charge is 2.14. The van der Waals surface area contributed by atoms with Crippen LogP contribution in [0.4, 0.5) is 10.1 Å². The molecule has 1 fully saturated rings. The van der Waals surface area contributed by atoms with Gasteiger partial charge in [0.1, 0.15) is 5.82 Å². The normalized spacial score (nSPS) is 19.4. The molecule has 1 saturated heterocycles. The van der Waals surface area contributed by atoms with Crippen LogP contribution in [0.25, 0.3) is 0 Å². The molecule has 0 bridgehead atoms. The molecule has 1 aromatic carbocycles. The highest BCUT2D eigenvalue weighted by Crippen LogP contribution is 2.17. The molecule has 4 heteroatoms. The van der Waals surface area contributed by atoms with Gasteiger partial charge in [-0.3, -0.25) is 0 Å². The first-order valence-electron chi connectivity index (χ1n) is 5.44. The van der Waals surface area contributed by atoms with E-state index in [-0.39, 0.29) is 5.82 Å². The van der Waals surface area contributed by atoms with Crippen molar-refractivity contribution in [1.82, 2.24) is 5.32 Å². The monoisotopic (exact) mass is 219 g/mol. The van der Waals surface area contributed by atoms with Gasteiger partial charge in [-0.15, -0.1) is 0 Å². The topological polar surface area (TPSA) is 47.9 Å². The maximum absolute atomic E-state index is 13.5. The smallest absolute Gasteiger partial charge is 0.147 e. The number of nitriles is 1. The van der Waals surface area contributed by atoms with Gasteiger partial charge in [0, 0.05) is 6.54 Å². The third kappa shape index (κ3) is 2.50. The highest BCUT2D eigenvalue weighted by atomic mass is 19.1. The first-order valence-corrected chi connectivity index (χ1v) is 5.44. The zero-order chi connectivity index (χ0) is 11.4. The lowest BCUT2D eigenvalue weighted by atomic mass is 10.1. The summed E-state index contributed by atoms with van der Waals surface area (Å²) in [6.45, 7) is 2.81. The molecule has 1 unspecified atom stereocenters. The molecule has 3 nitrogen and oxygen atoms in total. The van der Waals surface area contributed by atoms with Crippen LogP contribution in [0.1, 0.15) is 12.0 Å². The molecular formula is C12H14FN3. The number of hydrogen-bond acceptors (Lipinski definition) is 3.